The van der Waals surface area contributed by atoms with Crippen molar-refractivity contribution in [3.63, 3.8) is 0 Å². The van der Waals surface area contributed by atoms with Gasteiger partial charge in [0.05, 0.1) is 41.9 Å². The molecule has 230 valence electrons. The number of rotatable bonds is 5. The minimum Gasteiger partial charge on any atom is -0.449 e. The van der Waals surface area contributed by atoms with Crippen molar-refractivity contribution >= 4 is 25.3 Å². The molecule has 42 heavy (non-hydrogen) atoms. The van der Waals surface area contributed by atoms with Crippen molar-refractivity contribution in [3.05, 3.63) is 41.5 Å². The van der Waals surface area contributed by atoms with E-state index in [0.717, 1.165) is 5.19 Å². The summed E-state index contributed by atoms with van der Waals surface area (Å²) in [6.45, 7) is 13.4. The second-order valence-corrected chi connectivity index (χ2v) is 18.7. The van der Waals surface area contributed by atoms with Crippen molar-refractivity contribution in [3.8, 4) is 0 Å². The van der Waals surface area contributed by atoms with E-state index in [2.05, 4.69) is 13.1 Å². The number of hydrogen-bond donors (Lipinski definition) is 3. The standard InChI is InChI=1S/C33H46O8Si/c1-18-22(34)16-33(38)19(2)27-31(5,28(35)26(25(18)30(33,3)4)40-29(36)20-13-14-20)23(15-24-32(27,37)17-39-24)41-42(6,7)21-11-9-8-10-12-21/h8-12,19-20,22-24,26-27,34,37-38H,13-17H2,1-7H3/t19?,22?,23?,24?,26?,27?,31-,32?,33?/m1/s1. The summed E-state index contributed by atoms with van der Waals surface area (Å²) in [4.78, 5) is 28.5. The van der Waals surface area contributed by atoms with E-state index in [1.165, 1.54) is 0 Å². The van der Waals surface area contributed by atoms with Gasteiger partial charge < -0.3 is 29.2 Å². The van der Waals surface area contributed by atoms with Gasteiger partial charge in [-0.15, -0.1) is 0 Å². The third-order valence-corrected chi connectivity index (χ3v) is 14.5. The first-order valence-corrected chi connectivity index (χ1v) is 18.3. The van der Waals surface area contributed by atoms with Gasteiger partial charge in [-0.25, -0.2) is 0 Å². The Hall–Kier alpha value is -1.88. The molecule has 3 saturated carbocycles. The molecular formula is C33H46O8Si. The van der Waals surface area contributed by atoms with Crippen molar-refractivity contribution in [2.24, 2.45) is 28.6 Å². The van der Waals surface area contributed by atoms with Crippen LogP contribution in [0.3, 0.4) is 0 Å². The van der Waals surface area contributed by atoms with Crippen LogP contribution in [0.4, 0.5) is 0 Å². The average Bonchev–Trinajstić information content (AvgIpc) is 3.77. The first-order chi connectivity index (χ1) is 19.5. The highest BCUT2D eigenvalue weighted by atomic mass is 28.4. The number of ether oxygens (including phenoxy) is 2. The topological polar surface area (TPSA) is 123 Å². The zero-order valence-electron chi connectivity index (χ0n) is 25.8. The van der Waals surface area contributed by atoms with Crippen molar-refractivity contribution in [1.29, 1.82) is 0 Å². The van der Waals surface area contributed by atoms with Crippen molar-refractivity contribution in [1.82, 2.24) is 0 Å². The van der Waals surface area contributed by atoms with Crippen LogP contribution in [0.25, 0.3) is 0 Å². The number of benzene rings is 1. The van der Waals surface area contributed by atoms with Gasteiger partial charge in [-0.3, -0.25) is 9.59 Å². The highest BCUT2D eigenvalue weighted by molar-refractivity contribution is 6.84. The van der Waals surface area contributed by atoms with Crippen LogP contribution in [-0.2, 0) is 23.5 Å². The number of ketones is 1. The van der Waals surface area contributed by atoms with Crippen LogP contribution < -0.4 is 5.19 Å². The highest BCUT2D eigenvalue weighted by Crippen LogP contribution is 2.65. The maximum atomic E-state index is 15.3. The maximum absolute atomic E-state index is 15.3. The van der Waals surface area contributed by atoms with Crippen LogP contribution >= 0.6 is 0 Å². The summed E-state index contributed by atoms with van der Waals surface area (Å²) < 4.78 is 19.2. The first-order valence-electron chi connectivity index (χ1n) is 15.4. The molecule has 3 N–H and O–H groups in total. The Bertz CT molecular complexity index is 1320. The number of hydrogen-bond acceptors (Lipinski definition) is 8. The predicted octanol–water partition coefficient (Wildman–Crippen LogP) is 3.02. The molecule has 8 unspecified atom stereocenters. The van der Waals surface area contributed by atoms with Crippen LogP contribution in [0.2, 0.25) is 13.1 Å². The summed E-state index contributed by atoms with van der Waals surface area (Å²) in [6, 6.07) is 9.99. The number of aliphatic hydroxyl groups is 3. The largest absolute Gasteiger partial charge is 0.449 e. The molecule has 9 heteroatoms. The molecule has 4 aliphatic carbocycles. The molecule has 8 nitrogen and oxygen atoms in total. The molecule has 1 saturated heterocycles. The smallest absolute Gasteiger partial charge is 0.309 e. The van der Waals surface area contributed by atoms with E-state index in [0.29, 0.717) is 30.4 Å². The van der Waals surface area contributed by atoms with Crippen LogP contribution in [-0.4, -0.2) is 77.6 Å². The molecule has 1 heterocycles. The van der Waals surface area contributed by atoms with Crippen LogP contribution in [0.15, 0.2) is 41.5 Å². The van der Waals surface area contributed by atoms with Gasteiger partial charge in [-0.05, 0) is 62.0 Å². The van der Waals surface area contributed by atoms with E-state index in [1.807, 2.05) is 58.0 Å². The summed E-state index contributed by atoms with van der Waals surface area (Å²) in [5, 5.41) is 37.4. The summed E-state index contributed by atoms with van der Waals surface area (Å²) in [6.07, 6.45) is -1.80. The SMILES string of the molecule is CC1=C2C(OC(=O)C3CC3)C(=O)[C@]3(C)C(O[Si](C)(C)c4ccccc4)CC4OCC4(O)C3C(C)C(O)(CC1O)C2(C)C. The van der Waals surface area contributed by atoms with E-state index in [-0.39, 0.29) is 24.7 Å². The zero-order chi connectivity index (χ0) is 30.6. The Labute approximate surface area is 249 Å². The van der Waals surface area contributed by atoms with Gasteiger partial charge in [0.25, 0.3) is 0 Å². The number of aliphatic hydroxyl groups excluding tert-OH is 1. The molecular weight excluding hydrogens is 552 g/mol. The van der Waals surface area contributed by atoms with Crippen LogP contribution in [0, 0.1) is 28.6 Å². The number of fused-ring (bicyclic) bond motifs is 5. The van der Waals surface area contributed by atoms with Gasteiger partial charge >= 0.3 is 5.97 Å². The Balaban J connectivity index is 1.56. The second kappa shape index (κ2) is 9.56. The predicted molar refractivity (Wildman–Crippen MR) is 158 cm³/mol. The molecule has 9 atom stereocenters. The summed E-state index contributed by atoms with van der Waals surface area (Å²) in [5.41, 5.74) is -4.27. The van der Waals surface area contributed by atoms with Crippen LogP contribution in [0.5, 0.6) is 0 Å². The molecule has 1 aliphatic heterocycles. The van der Waals surface area contributed by atoms with E-state index in [9.17, 15) is 20.1 Å². The average molecular weight is 599 g/mol. The van der Waals surface area contributed by atoms with Gasteiger partial charge in [0.15, 0.2) is 11.9 Å². The Kier molecular flexibility index (Phi) is 6.86. The Morgan fingerprint density at radius 3 is 2.31 bits per heavy atom. The number of Topliss-reactive ketones (excluding diaryl/α,β-unsaturated/α-hetero) is 1. The Morgan fingerprint density at radius 1 is 1.10 bits per heavy atom. The monoisotopic (exact) mass is 598 g/mol. The lowest BCUT2D eigenvalue weighted by Gasteiger charge is -2.68. The van der Waals surface area contributed by atoms with Crippen molar-refractivity contribution in [2.45, 2.75) is 109 Å². The van der Waals surface area contributed by atoms with Crippen molar-refractivity contribution in [2.75, 3.05) is 6.61 Å². The fourth-order valence-corrected chi connectivity index (χ4v) is 11.2. The van der Waals surface area contributed by atoms with Gasteiger partial charge in [0, 0.05) is 24.2 Å². The summed E-state index contributed by atoms with van der Waals surface area (Å²) >= 11 is 0. The molecule has 0 radical (unpaired) electrons. The van der Waals surface area contributed by atoms with Gasteiger partial charge in [0.1, 0.15) is 5.60 Å². The molecule has 5 aliphatic rings. The fraction of sp³-hybridized carbons (Fsp3) is 0.697. The van der Waals surface area contributed by atoms with E-state index in [4.69, 9.17) is 13.9 Å². The van der Waals surface area contributed by atoms with Crippen molar-refractivity contribution < 1.29 is 38.8 Å². The summed E-state index contributed by atoms with van der Waals surface area (Å²) in [5.74, 6) is -2.44. The highest BCUT2D eigenvalue weighted by Gasteiger charge is 2.75. The lowest BCUT2D eigenvalue weighted by molar-refractivity contribution is -0.334. The minimum atomic E-state index is -2.60. The first kappa shape index (κ1) is 30.2. The molecule has 6 rings (SSSR count). The molecule has 0 amide bonds. The van der Waals surface area contributed by atoms with Crippen LogP contribution in [0.1, 0.15) is 60.3 Å². The lowest BCUT2D eigenvalue weighted by atomic mass is 9.43. The normalized spacial score (nSPS) is 43.0. The third kappa shape index (κ3) is 4.03. The summed E-state index contributed by atoms with van der Waals surface area (Å²) in [7, 11) is -2.60. The fourth-order valence-electron chi connectivity index (χ4n) is 9.02. The third-order valence-electron chi connectivity index (χ3n) is 11.9. The molecule has 1 aromatic carbocycles. The number of esters is 1. The molecule has 1 aromatic rings. The number of carbonyl (C=O) groups excluding carboxylic acids is 2. The Morgan fingerprint density at radius 2 is 1.74 bits per heavy atom. The number of carbonyl (C=O) groups is 2. The van der Waals surface area contributed by atoms with E-state index >= 15 is 4.79 Å². The van der Waals surface area contributed by atoms with Gasteiger partial charge in [-0.2, -0.15) is 0 Å². The maximum Gasteiger partial charge on any atom is 0.309 e. The molecule has 4 fully saturated rings. The molecule has 0 spiro atoms. The molecule has 0 aromatic heterocycles. The van der Waals surface area contributed by atoms with E-state index < -0.39 is 72.6 Å². The second-order valence-electron chi connectivity index (χ2n) is 14.9. The van der Waals surface area contributed by atoms with Gasteiger partial charge in [-0.1, -0.05) is 51.1 Å². The zero-order valence-corrected chi connectivity index (χ0v) is 26.8. The molecule has 2 bridgehead atoms. The quantitative estimate of drug-likeness (QED) is 0.269. The minimum absolute atomic E-state index is 0.0368. The van der Waals surface area contributed by atoms with Gasteiger partial charge in [0.2, 0.25) is 8.32 Å². The lowest BCUT2D eigenvalue weighted by Crippen LogP contribution is -2.79. The van der Waals surface area contributed by atoms with E-state index in [1.54, 1.807) is 6.92 Å².